The summed E-state index contributed by atoms with van der Waals surface area (Å²) >= 11 is 0. The van der Waals surface area contributed by atoms with Gasteiger partial charge in [-0.25, -0.2) is 0 Å². The van der Waals surface area contributed by atoms with E-state index in [-0.39, 0.29) is 5.91 Å². The summed E-state index contributed by atoms with van der Waals surface area (Å²) in [6.07, 6.45) is 11.2. The smallest absolute Gasteiger partial charge is 0.219 e. The average Bonchev–Trinajstić information content (AvgIpc) is 2.93. The second kappa shape index (κ2) is 10.5. The molecule has 6 nitrogen and oxygen atoms in total. The maximum absolute atomic E-state index is 11.5. The zero-order valence-electron chi connectivity index (χ0n) is 18.2. The second-order valence-electron chi connectivity index (χ2n) is 9.02. The fraction of sp³-hybridized carbons (Fsp3) is 0.909. The molecule has 6 heteroatoms. The fourth-order valence-electron chi connectivity index (χ4n) is 5.28. The van der Waals surface area contributed by atoms with Crippen LogP contribution >= 0.6 is 0 Å². The molecule has 0 radical (unpaired) electrons. The molecule has 1 aliphatic carbocycles. The minimum Gasteiger partial charge on any atom is -0.357 e. The van der Waals surface area contributed by atoms with Gasteiger partial charge < -0.3 is 15.1 Å². The van der Waals surface area contributed by atoms with E-state index in [0.29, 0.717) is 5.41 Å². The first-order chi connectivity index (χ1) is 13.6. The number of piperidine rings is 1. The predicted molar refractivity (Wildman–Crippen MR) is 116 cm³/mol. The molecule has 0 aromatic heterocycles. The number of likely N-dealkylation sites (tertiary alicyclic amines) is 1. The molecule has 2 aliphatic heterocycles. The van der Waals surface area contributed by atoms with E-state index in [0.717, 1.165) is 58.3 Å². The third-order valence-corrected chi connectivity index (χ3v) is 6.96. The van der Waals surface area contributed by atoms with Crippen molar-refractivity contribution < 1.29 is 4.79 Å². The lowest BCUT2D eigenvalue weighted by atomic mass is 9.74. The van der Waals surface area contributed by atoms with Crippen molar-refractivity contribution in [3.63, 3.8) is 0 Å². The van der Waals surface area contributed by atoms with Gasteiger partial charge in [0.25, 0.3) is 0 Å². The van der Waals surface area contributed by atoms with E-state index < -0.39 is 0 Å². The average molecular weight is 392 g/mol. The monoisotopic (exact) mass is 391 g/mol. The fourth-order valence-corrected chi connectivity index (χ4v) is 5.28. The van der Waals surface area contributed by atoms with Crippen molar-refractivity contribution in [2.75, 3.05) is 58.9 Å². The Morgan fingerprint density at radius 3 is 2.25 bits per heavy atom. The lowest BCUT2D eigenvalue weighted by molar-refractivity contribution is -0.130. The number of piperazine rings is 1. The number of rotatable bonds is 4. The molecule has 0 aromatic carbocycles. The first-order valence-electron chi connectivity index (χ1n) is 11.6. The van der Waals surface area contributed by atoms with Gasteiger partial charge in [0.2, 0.25) is 5.91 Å². The first-order valence-corrected chi connectivity index (χ1v) is 11.6. The third-order valence-electron chi connectivity index (χ3n) is 6.96. The quantitative estimate of drug-likeness (QED) is 0.591. The highest BCUT2D eigenvalue weighted by Crippen LogP contribution is 2.42. The van der Waals surface area contributed by atoms with Crippen LogP contribution in [-0.2, 0) is 4.79 Å². The Morgan fingerprint density at radius 1 is 0.929 bits per heavy atom. The van der Waals surface area contributed by atoms with Crippen molar-refractivity contribution in [2.45, 2.75) is 65.2 Å². The molecule has 28 heavy (non-hydrogen) atoms. The van der Waals surface area contributed by atoms with Crippen LogP contribution in [0.2, 0.25) is 0 Å². The van der Waals surface area contributed by atoms with E-state index >= 15 is 0 Å². The van der Waals surface area contributed by atoms with Gasteiger partial charge in [-0.1, -0.05) is 25.7 Å². The Labute approximate surface area is 171 Å². The van der Waals surface area contributed by atoms with Crippen LogP contribution in [0.15, 0.2) is 4.99 Å². The van der Waals surface area contributed by atoms with Crippen molar-refractivity contribution in [3.05, 3.63) is 0 Å². The van der Waals surface area contributed by atoms with E-state index in [1.807, 2.05) is 4.90 Å². The molecule has 1 amide bonds. The third kappa shape index (κ3) is 5.85. The topological polar surface area (TPSA) is 51.2 Å². The largest absolute Gasteiger partial charge is 0.357 e. The van der Waals surface area contributed by atoms with E-state index in [4.69, 9.17) is 4.99 Å². The molecule has 3 aliphatic rings. The summed E-state index contributed by atoms with van der Waals surface area (Å²) in [6.45, 7) is 12.6. The summed E-state index contributed by atoms with van der Waals surface area (Å²) < 4.78 is 0. The molecule has 3 fully saturated rings. The molecule has 1 N–H and O–H groups in total. The minimum atomic E-state index is 0.199. The van der Waals surface area contributed by atoms with Crippen LogP contribution < -0.4 is 5.32 Å². The van der Waals surface area contributed by atoms with Crippen LogP contribution in [0.3, 0.4) is 0 Å². The highest BCUT2D eigenvalue weighted by molar-refractivity contribution is 5.80. The number of hydrogen-bond donors (Lipinski definition) is 1. The SMILES string of the molecule is CCNC(=NCCN1CCN(C(C)=O)CC1)N1CCCC2(CCCCCC2)C1. The summed E-state index contributed by atoms with van der Waals surface area (Å²) in [7, 11) is 0. The molecule has 1 spiro atoms. The predicted octanol–water partition coefficient (Wildman–Crippen LogP) is 2.55. The molecule has 0 atom stereocenters. The maximum Gasteiger partial charge on any atom is 0.219 e. The lowest BCUT2D eigenvalue weighted by Crippen LogP contribution is -2.51. The van der Waals surface area contributed by atoms with E-state index in [9.17, 15) is 4.79 Å². The van der Waals surface area contributed by atoms with Crippen LogP contribution in [0, 0.1) is 5.41 Å². The maximum atomic E-state index is 11.5. The van der Waals surface area contributed by atoms with Crippen molar-refractivity contribution in [1.82, 2.24) is 20.0 Å². The molecule has 0 unspecified atom stereocenters. The second-order valence-corrected chi connectivity index (χ2v) is 9.02. The van der Waals surface area contributed by atoms with Gasteiger partial charge in [0.1, 0.15) is 0 Å². The van der Waals surface area contributed by atoms with E-state index in [1.54, 1.807) is 6.92 Å². The van der Waals surface area contributed by atoms with Gasteiger partial charge in [0.05, 0.1) is 6.54 Å². The Bertz CT molecular complexity index is 519. The Balaban J connectivity index is 1.52. The molecule has 3 rings (SSSR count). The van der Waals surface area contributed by atoms with Gasteiger partial charge in [0.15, 0.2) is 5.96 Å². The standard InChI is InChI=1S/C22H41N5O/c1-3-23-21(24-12-14-25-15-17-26(18-16-25)20(2)28)27-13-8-11-22(19-27)9-6-4-5-7-10-22/h3-19H2,1-2H3,(H,23,24). The molecule has 2 saturated heterocycles. The number of nitrogens with zero attached hydrogens (tertiary/aromatic N) is 4. The van der Waals surface area contributed by atoms with Crippen molar-refractivity contribution in [2.24, 2.45) is 10.4 Å². The van der Waals surface area contributed by atoms with Crippen LogP contribution in [0.5, 0.6) is 0 Å². The Hall–Kier alpha value is -1.30. The van der Waals surface area contributed by atoms with Gasteiger partial charge in [0, 0.05) is 59.3 Å². The number of nitrogens with one attached hydrogen (secondary N) is 1. The Morgan fingerprint density at radius 2 is 1.61 bits per heavy atom. The molecular formula is C22H41N5O. The van der Waals surface area contributed by atoms with Crippen molar-refractivity contribution >= 4 is 11.9 Å². The van der Waals surface area contributed by atoms with Crippen molar-refractivity contribution in [3.8, 4) is 0 Å². The minimum absolute atomic E-state index is 0.199. The van der Waals surface area contributed by atoms with Crippen LogP contribution in [0.4, 0.5) is 0 Å². The zero-order chi connectivity index (χ0) is 19.8. The number of amides is 1. The number of aliphatic imine (C=N–C) groups is 1. The summed E-state index contributed by atoms with van der Waals surface area (Å²) in [4.78, 5) is 23.4. The lowest BCUT2D eigenvalue weighted by Gasteiger charge is -2.44. The van der Waals surface area contributed by atoms with Gasteiger partial charge >= 0.3 is 0 Å². The van der Waals surface area contributed by atoms with Crippen molar-refractivity contribution in [1.29, 1.82) is 0 Å². The summed E-state index contributed by atoms with van der Waals surface area (Å²) in [6, 6.07) is 0. The van der Waals surface area contributed by atoms with Gasteiger partial charge in [-0.15, -0.1) is 0 Å². The van der Waals surface area contributed by atoms with E-state index in [2.05, 4.69) is 22.0 Å². The zero-order valence-corrected chi connectivity index (χ0v) is 18.2. The van der Waals surface area contributed by atoms with Crippen LogP contribution in [0.25, 0.3) is 0 Å². The van der Waals surface area contributed by atoms with Gasteiger partial charge in [-0.05, 0) is 38.0 Å². The number of guanidine groups is 1. The van der Waals surface area contributed by atoms with Crippen LogP contribution in [-0.4, -0.2) is 85.5 Å². The highest BCUT2D eigenvalue weighted by Gasteiger charge is 2.36. The number of carbonyl (C=O) groups is 1. The molecule has 0 bridgehead atoms. The van der Waals surface area contributed by atoms with Crippen LogP contribution in [0.1, 0.15) is 65.2 Å². The molecule has 1 saturated carbocycles. The summed E-state index contributed by atoms with van der Waals surface area (Å²) in [5.74, 6) is 1.32. The van der Waals surface area contributed by atoms with Gasteiger partial charge in [-0.2, -0.15) is 0 Å². The first kappa shape index (κ1) is 21.4. The Kier molecular flexibility index (Phi) is 8.00. The number of carbonyl (C=O) groups excluding carboxylic acids is 1. The summed E-state index contributed by atoms with van der Waals surface area (Å²) in [5, 5.41) is 3.55. The van der Waals surface area contributed by atoms with E-state index in [1.165, 1.54) is 57.9 Å². The molecule has 0 aromatic rings. The summed E-state index contributed by atoms with van der Waals surface area (Å²) in [5.41, 5.74) is 0.536. The number of hydrogen-bond acceptors (Lipinski definition) is 3. The molecule has 160 valence electrons. The molecule has 2 heterocycles. The molecular weight excluding hydrogens is 350 g/mol. The van der Waals surface area contributed by atoms with Gasteiger partial charge in [-0.3, -0.25) is 14.7 Å². The highest BCUT2D eigenvalue weighted by atomic mass is 16.2. The normalized spacial score (nSPS) is 24.3.